The highest BCUT2D eigenvalue weighted by Crippen LogP contribution is 2.25. The molecule has 1 amide bonds. The zero-order chi connectivity index (χ0) is 17.5. The van der Waals surface area contributed by atoms with Gasteiger partial charge in [0.05, 0.1) is 30.5 Å². The van der Waals surface area contributed by atoms with E-state index in [0.717, 1.165) is 5.56 Å². The number of nitrogens with one attached hydrogen (secondary N) is 1. The minimum Gasteiger partial charge on any atom is -0.493 e. The van der Waals surface area contributed by atoms with Crippen LogP contribution in [0.1, 0.15) is 33.2 Å². The summed E-state index contributed by atoms with van der Waals surface area (Å²) in [6.45, 7) is 2.31. The van der Waals surface area contributed by atoms with E-state index in [1.54, 1.807) is 42.5 Å². The van der Waals surface area contributed by atoms with Crippen LogP contribution in [0.3, 0.4) is 0 Å². The van der Waals surface area contributed by atoms with E-state index in [2.05, 4.69) is 21.2 Å². The lowest BCUT2D eigenvalue weighted by Crippen LogP contribution is -2.17. The van der Waals surface area contributed by atoms with E-state index in [4.69, 9.17) is 9.47 Å². The second kappa shape index (κ2) is 8.49. The molecule has 0 unspecified atom stereocenters. The van der Waals surface area contributed by atoms with Crippen LogP contribution in [0.4, 0.5) is 5.69 Å². The lowest BCUT2D eigenvalue weighted by Gasteiger charge is -2.14. The highest BCUT2D eigenvalue weighted by atomic mass is 79.9. The number of benzene rings is 2. The molecular formula is C18H18BrNO4. The van der Waals surface area contributed by atoms with Gasteiger partial charge in [-0.05, 0) is 30.7 Å². The van der Waals surface area contributed by atoms with E-state index in [1.165, 1.54) is 7.11 Å². The van der Waals surface area contributed by atoms with Gasteiger partial charge in [0.1, 0.15) is 5.75 Å². The minimum atomic E-state index is -0.501. The number of amides is 1. The molecule has 5 nitrogen and oxygen atoms in total. The third kappa shape index (κ3) is 3.94. The molecular weight excluding hydrogens is 374 g/mol. The molecule has 126 valence electrons. The monoisotopic (exact) mass is 391 g/mol. The maximum absolute atomic E-state index is 12.6. The number of para-hydroxylation sites is 1. The molecule has 0 atom stereocenters. The largest absolute Gasteiger partial charge is 0.493 e. The zero-order valence-corrected chi connectivity index (χ0v) is 15.1. The van der Waals surface area contributed by atoms with Crippen molar-refractivity contribution in [3.05, 3.63) is 59.2 Å². The average molecular weight is 392 g/mol. The van der Waals surface area contributed by atoms with Gasteiger partial charge in [-0.25, -0.2) is 4.79 Å². The van der Waals surface area contributed by atoms with Crippen molar-refractivity contribution in [3.63, 3.8) is 0 Å². The minimum absolute atomic E-state index is 0.333. The molecule has 1 N–H and O–H groups in total. The van der Waals surface area contributed by atoms with Crippen molar-refractivity contribution in [2.24, 2.45) is 0 Å². The van der Waals surface area contributed by atoms with Gasteiger partial charge in [-0.3, -0.25) is 4.79 Å². The van der Waals surface area contributed by atoms with Gasteiger partial charge in [-0.15, -0.1) is 0 Å². The Morgan fingerprint density at radius 3 is 2.54 bits per heavy atom. The molecule has 0 aliphatic heterocycles. The Morgan fingerprint density at radius 2 is 1.88 bits per heavy atom. The topological polar surface area (TPSA) is 64.6 Å². The van der Waals surface area contributed by atoms with Crippen LogP contribution in [0.25, 0.3) is 0 Å². The van der Waals surface area contributed by atoms with Gasteiger partial charge >= 0.3 is 5.97 Å². The summed E-state index contributed by atoms with van der Waals surface area (Å²) in [5, 5.41) is 3.24. The number of ether oxygens (including phenoxy) is 2. The predicted octanol–water partition coefficient (Wildman–Crippen LogP) is 4.02. The summed E-state index contributed by atoms with van der Waals surface area (Å²) < 4.78 is 10.3. The summed E-state index contributed by atoms with van der Waals surface area (Å²) in [5.41, 5.74) is 1.87. The van der Waals surface area contributed by atoms with E-state index >= 15 is 0 Å². The molecule has 0 heterocycles. The fourth-order valence-corrected chi connectivity index (χ4v) is 2.75. The zero-order valence-electron chi connectivity index (χ0n) is 13.5. The number of esters is 1. The van der Waals surface area contributed by atoms with Crippen molar-refractivity contribution < 1.29 is 19.1 Å². The Kier molecular flexibility index (Phi) is 6.37. The molecule has 0 aliphatic carbocycles. The number of hydrogen-bond acceptors (Lipinski definition) is 4. The first kappa shape index (κ1) is 18.0. The Bertz CT molecular complexity index is 746. The predicted molar refractivity (Wildman–Crippen MR) is 96.0 cm³/mol. The van der Waals surface area contributed by atoms with Gasteiger partial charge in [-0.2, -0.15) is 0 Å². The first-order valence-electron chi connectivity index (χ1n) is 7.41. The molecule has 0 saturated carbocycles. The fourth-order valence-electron chi connectivity index (χ4n) is 2.28. The molecule has 0 spiro atoms. The van der Waals surface area contributed by atoms with Crippen molar-refractivity contribution in [2.75, 3.05) is 19.0 Å². The third-order valence-corrected chi connectivity index (χ3v) is 3.97. The second-order valence-electron chi connectivity index (χ2n) is 4.85. The maximum Gasteiger partial charge on any atom is 0.340 e. The van der Waals surface area contributed by atoms with E-state index < -0.39 is 5.97 Å². The number of carbonyl (C=O) groups is 2. The molecule has 2 aromatic carbocycles. The second-order valence-corrected chi connectivity index (χ2v) is 5.41. The summed E-state index contributed by atoms with van der Waals surface area (Å²) >= 11 is 3.34. The quantitative estimate of drug-likeness (QED) is 0.596. The number of carbonyl (C=O) groups excluding carboxylic acids is 2. The van der Waals surface area contributed by atoms with Crippen LogP contribution in [0.15, 0.2) is 42.5 Å². The van der Waals surface area contributed by atoms with Crippen molar-refractivity contribution in [2.45, 2.75) is 12.3 Å². The van der Waals surface area contributed by atoms with Crippen LogP contribution in [0.2, 0.25) is 0 Å². The van der Waals surface area contributed by atoms with Crippen LogP contribution in [-0.2, 0) is 10.1 Å². The van der Waals surface area contributed by atoms with Crippen molar-refractivity contribution in [3.8, 4) is 5.75 Å². The molecule has 2 rings (SSSR count). The summed E-state index contributed by atoms with van der Waals surface area (Å²) in [6, 6.07) is 12.2. The lowest BCUT2D eigenvalue weighted by molar-refractivity contribution is 0.0601. The van der Waals surface area contributed by atoms with Crippen molar-refractivity contribution in [1.29, 1.82) is 0 Å². The normalized spacial score (nSPS) is 10.1. The Morgan fingerprint density at radius 1 is 1.12 bits per heavy atom. The van der Waals surface area contributed by atoms with Gasteiger partial charge in [0.2, 0.25) is 0 Å². The molecule has 24 heavy (non-hydrogen) atoms. The Labute approximate surface area is 149 Å². The SMILES string of the molecule is CCOc1ccccc1C(=O)Nc1cccc(CBr)c1C(=O)OC. The Balaban J connectivity index is 2.38. The van der Waals surface area contributed by atoms with Crippen LogP contribution in [-0.4, -0.2) is 25.6 Å². The van der Waals surface area contributed by atoms with E-state index in [1.807, 2.05) is 6.92 Å². The lowest BCUT2D eigenvalue weighted by atomic mass is 10.1. The number of methoxy groups -OCH3 is 1. The molecule has 0 aromatic heterocycles. The van der Waals surface area contributed by atoms with Gasteiger partial charge in [0.15, 0.2) is 0 Å². The Hall–Kier alpha value is -2.34. The fraction of sp³-hybridized carbons (Fsp3) is 0.222. The van der Waals surface area contributed by atoms with Gasteiger partial charge in [-0.1, -0.05) is 40.2 Å². The smallest absolute Gasteiger partial charge is 0.340 e. The first-order valence-corrected chi connectivity index (χ1v) is 8.53. The summed E-state index contributed by atoms with van der Waals surface area (Å²) in [4.78, 5) is 24.7. The maximum atomic E-state index is 12.6. The van der Waals surface area contributed by atoms with Gasteiger partial charge in [0.25, 0.3) is 5.91 Å². The van der Waals surface area contributed by atoms with Crippen LogP contribution in [0.5, 0.6) is 5.75 Å². The number of rotatable bonds is 6. The number of alkyl halides is 1. The van der Waals surface area contributed by atoms with Crippen LogP contribution in [0, 0.1) is 0 Å². The first-order chi connectivity index (χ1) is 11.6. The standard InChI is InChI=1S/C18H18BrNO4/c1-3-24-15-10-5-4-8-13(15)17(21)20-14-9-6-7-12(11-19)16(14)18(22)23-2/h4-10H,3,11H2,1-2H3,(H,20,21). The van der Waals surface area contributed by atoms with Crippen molar-refractivity contribution >= 4 is 33.5 Å². The number of anilines is 1. The number of halogens is 1. The van der Waals surface area contributed by atoms with Crippen LogP contribution >= 0.6 is 15.9 Å². The van der Waals surface area contributed by atoms with Gasteiger partial charge < -0.3 is 14.8 Å². The summed E-state index contributed by atoms with van der Waals surface area (Å²) in [6.07, 6.45) is 0. The average Bonchev–Trinajstić information content (AvgIpc) is 2.61. The molecule has 6 heteroatoms. The van der Waals surface area contributed by atoms with Gasteiger partial charge in [0, 0.05) is 5.33 Å². The molecule has 0 radical (unpaired) electrons. The molecule has 0 bridgehead atoms. The highest BCUT2D eigenvalue weighted by molar-refractivity contribution is 9.08. The van der Waals surface area contributed by atoms with E-state index in [0.29, 0.717) is 34.5 Å². The molecule has 0 aliphatic rings. The molecule has 2 aromatic rings. The van der Waals surface area contributed by atoms with E-state index in [-0.39, 0.29) is 5.91 Å². The van der Waals surface area contributed by atoms with E-state index in [9.17, 15) is 9.59 Å². The number of hydrogen-bond donors (Lipinski definition) is 1. The summed E-state index contributed by atoms with van der Waals surface area (Å²) in [7, 11) is 1.31. The van der Waals surface area contributed by atoms with Crippen molar-refractivity contribution in [1.82, 2.24) is 0 Å². The third-order valence-electron chi connectivity index (χ3n) is 3.36. The molecule has 0 saturated heterocycles. The van der Waals surface area contributed by atoms with Crippen LogP contribution < -0.4 is 10.1 Å². The molecule has 0 fully saturated rings. The highest BCUT2D eigenvalue weighted by Gasteiger charge is 2.19. The summed E-state index contributed by atoms with van der Waals surface area (Å²) in [5.74, 6) is -0.358.